The van der Waals surface area contributed by atoms with Gasteiger partial charge in [0.25, 0.3) is 0 Å². The predicted octanol–water partition coefficient (Wildman–Crippen LogP) is 0.175. The van der Waals surface area contributed by atoms with E-state index in [1.165, 1.54) is 12.1 Å². The Morgan fingerprint density at radius 3 is 2.76 bits per heavy atom. The molecule has 0 bridgehead atoms. The maximum atomic E-state index is 12.1. The second-order valence-corrected chi connectivity index (χ2v) is 6.87. The fraction of sp³-hybridized carbons (Fsp3) is 0.500. The van der Waals surface area contributed by atoms with E-state index >= 15 is 0 Å². The van der Waals surface area contributed by atoms with Crippen molar-refractivity contribution in [2.75, 3.05) is 26.2 Å². The number of piperazine rings is 1. The van der Waals surface area contributed by atoms with Crippen molar-refractivity contribution in [2.24, 2.45) is 0 Å². The summed E-state index contributed by atoms with van der Waals surface area (Å²) in [6.45, 7) is 4.34. The van der Waals surface area contributed by atoms with Gasteiger partial charge in [-0.15, -0.1) is 0 Å². The first-order chi connectivity index (χ1) is 10.0. The van der Waals surface area contributed by atoms with Crippen LogP contribution in [0.25, 0.3) is 0 Å². The third-order valence-corrected chi connectivity index (χ3v) is 4.98. The summed E-state index contributed by atoms with van der Waals surface area (Å²) in [7, 11) is -3.53. The van der Waals surface area contributed by atoms with Gasteiger partial charge in [0.2, 0.25) is 15.9 Å². The Morgan fingerprint density at radius 2 is 2.10 bits per heavy atom. The van der Waals surface area contributed by atoms with Crippen LogP contribution in [0.1, 0.15) is 13.3 Å². The lowest BCUT2D eigenvalue weighted by atomic mass is 10.2. The molecule has 0 spiro atoms. The minimum atomic E-state index is -3.53. The molecule has 1 aliphatic rings. The second-order valence-electron chi connectivity index (χ2n) is 5.10. The second kappa shape index (κ2) is 7.02. The minimum absolute atomic E-state index is 0.0141. The van der Waals surface area contributed by atoms with Crippen LogP contribution in [0.4, 0.5) is 0 Å². The Balaban J connectivity index is 1.85. The van der Waals surface area contributed by atoms with Crippen molar-refractivity contribution in [2.45, 2.75) is 24.3 Å². The van der Waals surface area contributed by atoms with E-state index in [9.17, 15) is 13.2 Å². The van der Waals surface area contributed by atoms with Crippen LogP contribution < -0.4 is 10.0 Å². The number of benzene rings is 1. The summed E-state index contributed by atoms with van der Waals surface area (Å²) >= 11 is 0. The van der Waals surface area contributed by atoms with Gasteiger partial charge in [0.15, 0.2) is 0 Å². The molecule has 2 N–H and O–H groups in total. The lowest BCUT2D eigenvalue weighted by Crippen LogP contribution is -2.52. The van der Waals surface area contributed by atoms with Crippen LogP contribution in [-0.4, -0.2) is 51.4 Å². The van der Waals surface area contributed by atoms with Crippen LogP contribution in [0.2, 0.25) is 0 Å². The topological polar surface area (TPSA) is 78.5 Å². The van der Waals surface area contributed by atoms with Gasteiger partial charge >= 0.3 is 0 Å². The highest BCUT2D eigenvalue weighted by molar-refractivity contribution is 7.89. The monoisotopic (exact) mass is 311 g/mol. The van der Waals surface area contributed by atoms with Gasteiger partial charge in [-0.2, -0.15) is 0 Å². The van der Waals surface area contributed by atoms with Crippen LogP contribution in [0.3, 0.4) is 0 Å². The van der Waals surface area contributed by atoms with Gasteiger partial charge in [0.05, 0.1) is 4.90 Å². The molecule has 1 saturated heterocycles. The molecule has 0 saturated carbocycles. The fourth-order valence-corrected chi connectivity index (χ4v) is 3.38. The van der Waals surface area contributed by atoms with Crippen LogP contribution >= 0.6 is 0 Å². The van der Waals surface area contributed by atoms with Gasteiger partial charge in [0.1, 0.15) is 0 Å². The predicted molar refractivity (Wildman–Crippen MR) is 80.3 cm³/mol. The molecule has 2 rings (SSSR count). The fourth-order valence-electron chi connectivity index (χ4n) is 2.33. The first kappa shape index (κ1) is 15.9. The zero-order valence-corrected chi connectivity index (χ0v) is 12.9. The molecule has 7 heteroatoms. The largest absolute Gasteiger partial charge is 0.337 e. The number of sulfonamides is 1. The van der Waals surface area contributed by atoms with Gasteiger partial charge < -0.3 is 10.2 Å². The van der Waals surface area contributed by atoms with Crippen molar-refractivity contribution in [3.05, 3.63) is 30.3 Å². The Bertz CT molecular complexity index is 574. The maximum absolute atomic E-state index is 12.1. The summed E-state index contributed by atoms with van der Waals surface area (Å²) in [5, 5.41) is 3.22. The molecule has 1 aromatic rings. The van der Waals surface area contributed by atoms with E-state index in [4.69, 9.17) is 0 Å². The number of hydrogen-bond acceptors (Lipinski definition) is 4. The van der Waals surface area contributed by atoms with Crippen LogP contribution in [0, 0.1) is 0 Å². The third kappa shape index (κ3) is 4.26. The summed E-state index contributed by atoms with van der Waals surface area (Å²) < 4.78 is 26.5. The smallest absolute Gasteiger partial charge is 0.240 e. The molecule has 0 aromatic heterocycles. The highest BCUT2D eigenvalue weighted by atomic mass is 32.2. The number of carbonyl (C=O) groups is 1. The van der Waals surface area contributed by atoms with Crippen molar-refractivity contribution in [3.8, 4) is 0 Å². The number of amides is 1. The number of carbonyl (C=O) groups excluding carboxylic acids is 1. The van der Waals surface area contributed by atoms with Crippen molar-refractivity contribution >= 4 is 15.9 Å². The first-order valence-electron chi connectivity index (χ1n) is 7.05. The molecule has 1 atom stereocenters. The van der Waals surface area contributed by atoms with E-state index in [1.54, 1.807) is 23.1 Å². The molecule has 0 aliphatic carbocycles. The molecule has 0 unspecified atom stereocenters. The SMILES string of the molecule is C[C@@H]1CNCCN1C(=O)CCNS(=O)(=O)c1ccccc1. The van der Waals surface area contributed by atoms with Crippen LogP contribution in [0.5, 0.6) is 0 Å². The number of hydrogen-bond donors (Lipinski definition) is 2. The zero-order chi connectivity index (χ0) is 15.3. The van der Waals surface area contributed by atoms with Crippen molar-refractivity contribution in [1.82, 2.24) is 14.9 Å². The quantitative estimate of drug-likeness (QED) is 0.813. The maximum Gasteiger partial charge on any atom is 0.240 e. The van der Waals surface area contributed by atoms with E-state index in [-0.39, 0.29) is 29.8 Å². The van der Waals surface area contributed by atoms with Crippen molar-refractivity contribution in [3.63, 3.8) is 0 Å². The number of nitrogens with one attached hydrogen (secondary N) is 2. The van der Waals surface area contributed by atoms with Crippen molar-refractivity contribution in [1.29, 1.82) is 0 Å². The molecular weight excluding hydrogens is 290 g/mol. The third-order valence-electron chi connectivity index (χ3n) is 3.51. The molecule has 1 aromatic carbocycles. The normalized spacial score (nSPS) is 19.5. The van der Waals surface area contributed by atoms with Crippen LogP contribution in [-0.2, 0) is 14.8 Å². The Morgan fingerprint density at radius 1 is 1.38 bits per heavy atom. The highest BCUT2D eigenvalue weighted by Gasteiger charge is 2.23. The molecular formula is C14H21N3O3S. The molecule has 1 aliphatic heterocycles. The Kier molecular flexibility index (Phi) is 5.33. The Labute approximate surface area is 125 Å². The van der Waals surface area contributed by atoms with E-state index in [0.717, 1.165) is 13.1 Å². The lowest BCUT2D eigenvalue weighted by Gasteiger charge is -2.34. The molecule has 1 heterocycles. The molecule has 1 fully saturated rings. The summed E-state index contributed by atoms with van der Waals surface area (Å²) in [6, 6.07) is 8.31. The number of nitrogens with zero attached hydrogens (tertiary/aromatic N) is 1. The molecule has 6 nitrogen and oxygen atoms in total. The Hall–Kier alpha value is -1.44. The highest BCUT2D eigenvalue weighted by Crippen LogP contribution is 2.08. The minimum Gasteiger partial charge on any atom is -0.337 e. The molecule has 0 radical (unpaired) electrons. The average Bonchev–Trinajstić information content (AvgIpc) is 2.48. The van der Waals surface area contributed by atoms with E-state index in [1.807, 2.05) is 6.92 Å². The van der Waals surface area contributed by atoms with Gasteiger partial charge in [0, 0.05) is 38.6 Å². The van der Waals surface area contributed by atoms with E-state index in [0.29, 0.717) is 6.54 Å². The van der Waals surface area contributed by atoms with Gasteiger partial charge in [-0.1, -0.05) is 18.2 Å². The lowest BCUT2D eigenvalue weighted by molar-refractivity contribution is -0.133. The average molecular weight is 311 g/mol. The molecule has 21 heavy (non-hydrogen) atoms. The summed E-state index contributed by atoms with van der Waals surface area (Å²) in [4.78, 5) is 14.1. The van der Waals surface area contributed by atoms with E-state index < -0.39 is 10.0 Å². The van der Waals surface area contributed by atoms with Gasteiger partial charge in [-0.25, -0.2) is 13.1 Å². The van der Waals surface area contributed by atoms with E-state index in [2.05, 4.69) is 10.0 Å². The van der Waals surface area contributed by atoms with Crippen molar-refractivity contribution < 1.29 is 13.2 Å². The molecule has 116 valence electrons. The first-order valence-corrected chi connectivity index (χ1v) is 8.54. The summed E-state index contributed by atoms with van der Waals surface area (Å²) in [5.74, 6) is -0.0141. The van der Waals surface area contributed by atoms with Gasteiger partial charge in [-0.3, -0.25) is 4.79 Å². The number of rotatable bonds is 5. The molecule has 1 amide bonds. The standard InChI is InChI=1S/C14H21N3O3S/c1-12-11-15-9-10-17(12)14(18)7-8-16-21(19,20)13-5-3-2-4-6-13/h2-6,12,15-16H,7-11H2,1H3/t12-/m1/s1. The summed E-state index contributed by atoms with van der Waals surface area (Å²) in [6.07, 6.45) is 0.177. The van der Waals surface area contributed by atoms with Crippen LogP contribution in [0.15, 0.2) is 35.2 Å². The zero-order valence-electron chi connectivity index (χ0n) is 12.1. The van der Waals surface area contributed by atoms with Gasteiger partial charge in [-0.05, 0) is 19.1 Å². The summed E-state index contributed by atoms with van der Waals surface area (Å²) in [5.41, 5.74) is 0.